The van der Waals surface area contributed by atoms with Gasteiger partial charge < -0.3 is 4.90 Å². The van der Waals surface area contributed by atoms with E-state index in [4.69, 9.17) is 11.6 Å². The summed E-state index contributed by atoms with van der Waals surface area (Å²) >= 11 is 5.88. The van der Waals surface area contributed by atoms with Gasteiger partial charge in [0.1, 0.15) is 5.82 Å². The highest BCUT2D eigenvalue weighted by atomic mass is 35.5. The molecule has 19 heavy (non-hydrogen) atoms. The van der Waals surface area contributed by atoms with E-state index in [2.05, 4.69) is 50.6 Å². The number of aryl methyl sites for hydroxylation is 1. The molecule has 0 unspecified atom stereocenters. The van der Waals surface area contributed by atoms with E-state index in [1.165, 1.54) is 5.56 Å². The SMILES string of the molecule is CCC(CC)N(CC(C)C)c1ncc(CCl)cc1C. The molecule has 1 aromatic heterocycles. The fourth-order valence-electron chi connectivity index (χ4n) is 2.53. The lowest BCUT2D eigenvalue weighted by atomic mass is 10.1. The number of alkyl halides is 1. The molecule has 0 fully saturated rings. The van der Waals surface area contributed by atoms with Crippen molar-refractivity contribution in [2.45, 2.75) is 59.4 Å². The lowest BCUT2D eigenvalue weighted by Gasteiger charge is -2.34. The van der Waals surface area contributed by atoms with Crippen LogP contribution in [-0.4, -0.2) is 17.6 Å². The lowest BCUT2D eigenvalue weighted by molar-refractivity contribution is 0.502. The smallest absolute Gasteiger partial charge is 0.131 e. The monoisotopic (exact) mass is 282 g/mol. The molecular formula is C16H27ClN2. The van der Waals surface area contributed by atoms with Gasteiger partial charge in [-0.25, -0.2) is 4.98 Å². The van der Waals surface area contributed by atoms with Gasteiger partial charge in [0.15, 0.2) is 0 Å². The van der Waals surface area contributed by atoms with Gasteiger partial charge in [-0.1, -0.05) is 27.7 Å². The van der Waals surface area contributed by atoms with Crippen LogP contribution >= 0.6 is 11.6 Å². The molecule has 3 heteroatoms. The molecule has 1 aromatic rings. The van der Waals surface area contributed by atoms with Crippen molar-refractivity contribution >= 4 is 17.4 Å². The molecule has 0 aromatic carbocycles. The van der Waals surface area contributed by atoms with Crippen LogP contribution in [0.1, 0.15) is 51.7 Å². The van der Waals surface area contributed by atoms with Crippen molar-refractivity contribution in [3.63, 3.8) is 0 Å². The molecule has 0 radical (unpaired) electrons. The molecule has 0 saturated carbocycles. The van der Waals surface area contributed by atoms with E-state index < -0.39 is 0 Å². The van der Waals surface area contributed by atoms with Crippen molar-refractivity contribution in [2.24, 2.45) is 5.92 Å². The second kappa shape index (κ2) is 7.74. The maximum Gasteiger partial charge on any atom is 0.131 e. The highest BCUT2D eigenvalue weighted by Crippen LogP contribution is 2.24. The third-order valence-electron chi connectivity index (χ3n) is 3.48. The molecule has 0 atom stereocenters. The number of nitrogens with zero attached hydrogens (tertiary/aromatic N) is 2. The predicted octanol–water partition coefficient (Wildman–Crippen LogP) is 4.78. The minimum Gasteiger partial charge on any atom is -0.353 e. The Morgan fingerprint density at radius 3 is 2.32 bits per heavy atom. The van der Waals surface area contributed by atoms with E-state index in [0.717, 1.165) is 30.8 Å². The second-order valence-corrected chi connectivity index (χ2v) is 5.90. The van der Waals surface area contributed by atoms with Crippen molar-refractivity contribution in [3.05, 3.63) is 23.4 Å². The van der Waals surface area contributed by atoms with Gasteiger partial charge in [0.2, 0.25) is 0 Å². The van der Waals surface area contributed by atoms with Crippen LogP contribution in [0.5, 0.6) is 0 Å². The normalized spacial score (nSPS) is 11.4. The Morgan fingerprint density at radius 2 is 1.89 bits per heavy atom. The van der Waals surface area contributed by atoms with Gasteiger partial charge in [-0.15, -0.1) is 11.6 Å². The third kappa shape index (κ3) is 4.38. The summed E-state index contributed by atoms with van der Waals surface area (Å²) in [5.41, 5.74) is 2.32. The van der Waals surface area contributed by atoms with Crippen LogP contribution in [0.25, 0.3) is 0 Å². The zero-order chi connectivity index (χ0) is 14.4. The van der Waals surface area contributed by atoms with Crippen molar-refractivity contribution in [1.82, 2.24) is 4.98 Å². The number of pyridine rings is 1. The summed E-state index contributed by atoms with van der Waals surface area (Å²) in [6, 6.07) is 2.72. The molecule has 0 aliphatic carbocycles. The van der Waals surface area contributed by atoms with Gasteiger partial charge in [0.25, 0.3) is 0 Å². The number of halogens is 1. The molecule has 0 spiro atoms. The Hall–Kier alpha value is -0.760. The third-order valence-corrected chi connectivity index (χ3v) is 3.79. The van der Waals surface area contributed by atoms with E-state index in [9.17, 15) is 0 Å². The molecule has 0 N–H and O–H groups in total. The van der Waals surface area contributed by atoms with Crippen LogP contribution in [0.2, 0.25) is 0 Å². The Balaban J connectivity index is 3.09. The standard InChI is InChI=1S/C16H27ClN2/c1-6-15(7-2)19(11-12(3)4)16-13(5)8-14(9-17)10-18-16/h8,10,12,15H,6-7,9,11H2,1-5H3. The van der Waals surface area contributed by atoms with Crippen LogP contribution in [0.15, 0.2) is 12.3 Å². The van der Waals surface area contributed by atoms with Crippen LogP contribution in [-0.2, 0) is 5.88 Å². The van der Waals surface area contributed by atoms with Gasteiger partial charge in [0.05, 0.1) is 0 Å². The van der Waals surface area contributed by atoms with Gasteiger partial charge >= 0.3 is 0 Å². The summed E-state index contributed by atoms with van der Waals surface area (Å²) in [6.07, 6.45) is 4.22. The number of aromatic nitrogens is 1. The number of anilines is 1. The van der Waals surface area contributed by atoms with Crippen LogP contribution in [0.3, 0.4) is 0 Å². The minimum absolute atomic E-state index is 0.531. The maximum absolute atomic E-state index is 5.88. The Kier molecular flexibility index (Phi) is 6.64. The molecule has 0 bridgehead atoms. The number of rotatable bonds is 7. The first kappa shape index (κ1) is 16.3. The van der Waals surface area contributed by atoms with E-state index in [0.29, 0.717) is 17.8 Å². The average molecular weight is 283 g/mol. The first-order valence-electron chi connectivity index (χ1n) is 7.31. The highest BCUT2D eigenvalue weighted by Gasteiger charge is 2.19. The lowest BCUT2D eigenvalue weighted by Crippen LogP contribution is -2.38. The van der Waals surface area contributed by atoms with Crippen LogP contribution in [0.4, 0.5) is 5.82 Å². The fraction of sp³-hybridized carbons (Fsp3) is 0.688. The Morgan fingerprint density at radius 1 is 1.26 bits per heavy atom. The summed E-state index contributed by atoms with van der Waals surface area (Å²) in [6.45, 7) is 12.2. The summed E-state index contributed by atoms with van der Waals surface area (Å²) in [4.78, 5) is 7.13. The Labute approximate surface area is 123 Å². The minimum atomic E-state index is 0.531. The zero-order valence-electron chi connectivity index (χ0n) is 12.9. The molecule has 0 aliphatic rings. The van der Waals surface area contributed by atoms with E-state index in [1.54, 1.807) is 0 Å². The van der Waals surface area contributed by atoms with Crippen molar-refractivity contribution in [2.75, 3.05) is 11.4 Å². The zero-order valence-corrected chi connectivity index (χ0v) is 13.7. The largest absolute Gasteiger partial charge is 0.353 e. The number of hydrogen-bond donors (Lipinski definition) is 0. The summed E-state index contributed by atoms with van der Waals surface area (Å²) in [5.74, 6) is 2.29. The first-order chi connectivity index (χ1) is 9.03. The fourth-order valence-corrected chi connectivity index (χ4v) is 2.68. The average Bonchev–Trinajstić information content (AvgIpc) is 2.38. The summed E-state index contributed by atoms with van der Waals surface area (Å²) in [7, 11) is 0. The highest BCUT2D eigenvalue weighted by molar-refractivity contribution is 6.17. The van der Waals surface area contributed by atoms with E-state index in [1.807, 2.05) is 6.20 Å². The van der Waals surface area contributed by atoms with Crippen molar-refractivity contribution in [3.8, 4) is 0 Å². The summed E-state index contributed by atoms with van der Waals surface area (Å²) < 4.78 is 0. The quantitative estimate of drug-likeness (QED) is 0.669. The molecule has 1 heterocycles. The molecular weight excluding hydrogens is 256 g/mol. The first-order valence-corrected chi connectivity index (χ1v) is 7.84. The maximum atomic E-state index is 5.88. The Bertz CT molecular complexity index is 386. The van der Waals surface area contributed by atoms with E-state index in [-0.39, 0.29) is 0 Å². The van der Waals surface area contributed by atoms with Gasteiger partial charge in [0, 0.05) is 24.7 Å². The second-order valence-electron chi connectivity index (χ2n) is 5.63. The molecule has 0 aliphatic heterocycles. The van der Waals surface area contributed by atoms with Crippen molar-refractivity contribution in [1.29, 1.82) is 0 Å². The topological polar surface area (TPSA) is 16.1 Å². The number of hydrogen-bond acceptors (Lipinski definition) is 2. The molecule has 1 rings (SSSR count). The van der Waals surface area contributed by atoms with Gasteiger partial charge in [-0.05, 0) is 42.9 Å². The molecule has 0 saturated heterocycles. The molecule has 2 nitrogen and oxygen atoms in total. The van der Waals surface area contributed by atoms with Gasteiger partial charge in [-0.2, -0.15) is 0 Å². The predicted molar refractivity (Wildman–Crippen MR) is 85.1 cm³/mol. The van der Waals surface area contributed by atoms with Crippen LogP contribution < -0.4 is 4.90 Å². The summed E-state index contributed by atoms with van der Waals surface area (Å²) in [5, 5.41) is 0. The van der Waals surface area contributed by atoms with E-state index >= 15 is 0 Å². The molecule has 0 amide bonds. The van der Waals surface area contributed by atoms with Crippen LogP contribution in [0, 0.1) is 12.8 Å². The van der Waals surface area contributed by atoms with Crippen molar-refractivity contribution < 1.29 is 0 Å². The molecule has 108 valence electrons. The van der Waals surface area contributed by atoms with Gasteiger partial charge in [-0.3, -0.25) is 0 Å².